The maximum Gasteiger partial charge on any atom is 0.223 e. The van der Waals surface area contributed by atoms with E-state index in [9.17, 15) is 13.2 Å². The van der Waals surface area contributed by atoms with Crippen LogP contribution in [0, 0.1) is 0 Å². The molecular weight excluding hydrogens is 358 g/mol. The molecule has 0 saturated carbocycles. The number of rotatable bonds is 3. The molecule has 6 nitrogen and oxygen atoms in total. The lowest BCUT2D eigenvalue weighted by molar-refractivity contribution is -0.136. The highest BCUT2D eigenvalue weighted by Crippen LogP contribution is 2.27. The molecule has 3 heterocycles. The molecule has 25 heavy (non-hydrogen) atoms. The second-order valence-electron chi connectivity index (χ2n) is 6.85. The van der Waals surface area contributed by atoms with Gasteiger partial charge >= 0.3 is 0 Å². The van der Waals surface area contributed by atoms with Crippen LogP contribution in [0.15, 0.2) is 24.3 Å². The summed E-state index contributed by atoms with van der Waals surface area (Å²) < 4.78 is 25.2. The minimum Gasteiger partial charge on any atom is -0.336 e. The zero-order valence-electron chi connectivity index (χ0n) is 14.1. The molecule has 0 N–H and O–H groups in total. The zero-order valence-corrected chi connectivity index (χ0v) is 15.7. The molecule has 4 rings (SSSR count). The Balaban J connectivity index is 1.45. The Kier molecular flexibility index (Phi) is 4.29. The first-order valence-electron chi connectivity index (χ1n) is 8.47. The number of hydrogen-bond acceptors (Lipinski definition) is 6. The predicted octanol–water partition coefficient (Wildman–Crippen LogP) is 1.17. The van der Waals surface area contributed by atoms with Crippen LogP contribution >= 0.6 is 11.3 Å². The maximum atomic E-state index is 12.7. The van der Waals surface area contributed by atoms with E-state index < -0.39 is 9.84 Å². The number of carbonyl (C=O) groups excluding carboxylic acids is 1. The molecule has 2 fully saturated rings. The summed E-state index contributed by atoms with van der Waals surface area (Å²) in [6, 6.07) is 7.69. The standard InChI is InChI=1S/C17H21N3O3S2/c1-19-8-9-20(14-11-25(22,23)10-13(14)19)17(21)7-6-16-18-12-4-2-3-5-15(12)24-16/h2-5,13-14H,6-11H2,1H3/t13-,14+/m1/s1. The van der Waals surface area contributed by atoms with Gasteiger partial charge in [0, 0.05) is 32.0 Å². The average Bonchev–Trinajstić information content (AvgIpc) is 3.12. The van der Waals surface area contributed by atoms with Crippen LogP contribution in [0.1, 0.15) is 11.4 Å². The normalized spacial score (nSPS) is 26.0. The van der Waals surface area contributed by atoms with E-state index in [1.807, 2.05) is 31.3 Å². The van der Waals surface area contributed by atoms with Crippen LogP contribution in [-0.2, 0) is 21.1 Å². The molecule has 2 aromatic rings. The second-order valence-corrected chi connectivity index (χ2v) is 10.1. The van der Waals surface area contributed by atoms with Crippen molar-refractivity contribution in [1.29, 1.82) is 0 Å². The van der Waals surface area contributed by atoms with Crippen molar-refractivity contribution in [3.63, 3.8) is 0 Å². The number of carbonyl (C=O) groups is 1. The van der Waals surface area contributed by atoms with Crippen molar-refractivity contribution in [3.8, 4) is 0 Å². The number of aromatic nitrogens is 1. The Labute approximate surface area is 151 Å². The van der Waals surface area contributed by atoms with Crippen LogP contribution in [-0.4, -0.2) is 72.8 Å². The molecule has 2 atom stereocenters. The largest absolute Gasteiger partial charge is 0.336 e. The Hall–Kier alpha value is -1.51. The first kappa shape index (κ1) is 16.9. The molecule has 0 aliphatic carbocycles. The number of piperazine rings is 1. The van der Waals surface area contributed by atoms with E-state index in [1.54, 1.807) is 16.2 Å². The number of sulfone groups is 1. The summed E-state index contributed by atoms with van der Waals surface area (Å²) in [6.07, 6.45) is 0.988. The van der Waals surface area contributed by atoms with E-state index in [-0.39, 0.29) is 29.5 Å². The summed E-state index contributed by atoms with van der Waals surface area (Å²) in [5.41, 5.74) is 0.969. The lowest BCUT2D eigenvalue weighted by atomic mass is 10.0. The Morgan fingerprint density at radius 2 is 2.00 bits per heavy atom. The summed E-state index contributed by atoms with van der Waals surface area (Å²) in [5.74, 6) is 0.296. The topological polar surface area (TPSA) is 70.6 Å². The third-order valence-electron chi connectivity index (χ3n) is 5.16. The summed E-state index contributed by atoms with van der Waals surface area (Å²) in [5, 5.41) is 0.958. The van der Waals surface area contributed by atoms with Crippen molar-refractivity contribution in [2.45, 2.75) is 24.9 Å². The molecule has 2 aliphatic heterocycles. The van der Waals surface area contributed by atoms with Crippen LogP contribution in [0.2, 0.25) is 0 Å². The number of thiazole rings is 1. The van der Waals surface area contributed by atoms with E-state index in [4.69, 9.17) is 0 Å². The van der Waals surface area contributed by atoms with Gasteiger partial charge in [0.1, 0.15) is 0 Å². The fourth-order valence-corrected chi connectivity index (χ4v) is 6.84. The SMILES string of the molecule is CN1CCN(C(=O)CCc2nc3ccccc3s2)[C@H]2CS(=O)(=O)C[C@H]21. The third-order valence-corrected chi connectivity index (χ3v) is 7.96. The first-order chi connectivity index (χ1) is 11.9. The summed E-state index contributed by atoms with van der Waals surface area (Å²) in [4.78, 5) is 21.2. The lowest BCUT2D eigenvalue weighted by Crippen LogP contribution is -2.59. The molecule has 1 aromatic heterocycles. The van der Waals surface area contributed by atoms with Crippen molar-refractivity contribution in [2.24, 2.45) is 0 Å². The highest BCUT2D eigenvalue weighted by molar-refractivity contribution is 7.91. The van der Waals surface area contributed by atoms with Gasteiger partial charge in [-0.1, -0.05) is 12.1 Å². The fourth-order valence-electron chi connectivity index (χ4n) is 3.82. The van der Waals surface area contributed by atoms with Gasteiger partial charge in [0.2, 0.25) is 5.91 Å². The van der Waals surface area contributed by atoms with Gasteiger partial charge in [0.05, 0.1) is 32.8 Å². The highest BCUT2D eigenvalue weighted by atomic mass is 32.2. The zero-order chi connectivity index (χ0) is 17.6. The minimum absolute atomic E-state index is 0.0412. The number of hydrogen-bond donors (Lipinski definition) is 0. The quantitative estimate of drug-likeness (QED) is 0.801. The number of fused-ring (bicyclic) bond motifs is 2. The van der Waals surface area contributed by atoms with Gasteiger partial charge in [0.15, 0.2) is 9.84 Å². The van der Waals surface area contributed by atoms with E-state index in [0.29, 0.717) is 19.4 Å². The number of nitrogens with zero attached hydrogens (tertiary/aromatic N) is 3. The number of aryl methyl sites for hydroxylation is 1. The molecule has 0 unspecified atom stereocenters. The number of likely N-dealkylation sites (N-methyl/N-ethyl adjacent to an activating group) is 1. The third kappa shape index (κ3) is 3.30. The molecule has 0 spiro atoms. The van der Waals surface area contributed by atoms with Crippen molar-refractivity contribution < 1.29 is 13.2 Å². The molecule has 0 radical (unpaired) electrons. The van der Waals surface area contributed by atoms with E-state index in [1.165, 1.54) is 0 Å². The van der Waals surface area contributed by atoms with Gasteiger partial charge in [-0.2, -0.15) is 0 Å². The molecule has 0 bridgehead atoms. The van der Waals surface area contributed by atoms with E-state index >= 15 is 0 Å². The van der Waals surface area contributed by atoms with Crippen molar-refractivity contribution >= 4 is 37.3 Å². The van der Waals surface area contributed by atoms with Gasteiger partial charge in [-0.25, -0.2) is 13.4 Å². The van der Waals surface area contributed by atoms with Gasteiger partial charge < -0.3 is 4.90 Å². The van der Waals surface area contributed by atoms with Crippen molar-refractivity contribution in [3.05, 3.63) is 29.3 Å². The summed E-state index contributed by atoms with van der Waals surface area (Å²) in [7, 11) is -1.11. The Morgan fingerprint density at radius 1 is 1.24 bits per heavy atom. The number of amides is 1. The van der Waals surface area contributed by atoms with Crippen LogP contribution in [0.25, 0.3) is 10.2 Å². The van der Waals surface area contributed by atoms with Gasteiger partial charge in [-0.15, -0.1) is 11.3 Å². The lowest BCUT2D eigenvalue weighted by Gasteiger charge is -2.42. The summed E-state index contributed by atoms with van der Waals surface area (Å²) >= 11 is 1.62. The maximum absolute atomic E-state index is 12.7. The first-order valence-corrected chi connectivity index (χ1v) is 11.1. The summed E-state index contributed by atoms with van der Waals surface area (Å²) in [6.45, 7) is 1.33. The van der Waals surface area contributed by atoms with E-state index in [0.717, 1.165) is 21.8 Å². The van der Waals surface area contributed by atoms with Gasteiger partial charge in [-0.3, -0.25) is 9.69 Å². The Bertz CT molecular complexity index is 876. The molecule has 134 valence electrons. The van der Waals surface area contributed by atoms with Crippen LogP contribution in [0.5, 0.6) is 0 Å². The number of benzene rings is 1. The van der Waals surface area contributed by atoms with Crippen molar-refractivity contribution in [2.75, 3.05) is 31.6 Å². The minimum atomic E-state index is -3.06. The number of para-hydroxylation sites is 1. The predicted molar refractivity (Wildman–Crippen MR) is 98.5 cm³/mol. The molecule has 2 aliphatic rings. The second kappa shape index (κ2) is 6.34. The fraction of sp³-hybridized carbons (Fsp3) is 0.529. The molecule has 8 heteroatoms. The van der Waals surface area contributed by atoms with Crippen molar-refractivity contribution in [1.82, 2.24) is 14.8 Å². The van der Waals surface area contributed by atoms with E-state index in [2.05, 4.69) is 9.88 Å². The van der Waals surface area contributed by atoms with Crippen LogP contribution in [0.4, 0.5) is 0 Å². The van der Waals surface area contributed by atoms with Crippen LogP contribution < -0.4 is 0 Å². The van der Waals surface area contributed by atoms with Gasteiger partial charge in [0.25, 0.3) is 0 Å². The Morgan fingerprint density at radius 3 is 2.80 bits per heavy atom. The van der Waals surface area contributed by atoms with Gasteiger partial charge in [-0.05, 0) is 19.2 Å². The highest BCUT2D eigenvalue weighted by Gasteiger charge is 2.46. The average molecular weight is 380 g/mol. The smallest absolute Gasteiger partial charge is 0.223 e. The van der Waals surface area contributed by atoms with Crippen LogP contribution in [0.3, 0.4) is 0 Å². The molecule has 1 aromatic carbocycles. The molecular formula is C17H21N3O3S2. The molecule has 1 amide bonds. The monoisotopic (exact) mass is 379 g/mol. The molecule has 2 saturated heterocycles.